The van der Waals surface area contributed by atoms with Gasteiger partial charge in [-0.15, -0.1) is 0 Å². The number of aromatic hydroxyl groups is 1. The van der Waals surface area contributed by atoms with Crippen LogP contribution in [0.4, 0.5) is 0 Å². The summed E-state index contributed by atoms with van der Waals surface area (Å²) in [5.41, 5.74) is 10.8. The lowest BCUT2D eigenvalue weighted by Crippen LogP contribution is -2.42. The zero-order valence-electron chi connectivity index (χ0n) is 26.6. The van der Waals surface area contributed by atoms with Gasteiger partial charge in [-0.3, -0.25) is 0 Å². The number of benzene rings is 3. The van der Waals surface area contributed by atoms with E-state index >= 15 is 0 Å². The van der Waals surface area contributed by atoms with Gasteiger partial charge in [-0.05, 0) is 60.9 Å². The minimum absolute atomic E-state index is 0.0946. The molecule has 5 nitrogen and oxygen atoms in total. The van der Waals surface area contributed by atoms with Crippen LogP contribution in [0.15, 0.2) is 133 Å². The van der Waals surface area contributed by atoms with Gasteiger partial charge >= 0.3 is 0 Å². The third-order valence-corrected chi connectivity index (χ3v) is 7.78. The fourth-order valence-corrected chi connectivity index (χ4v) is 5.83. The number of hydrogen-bond donors (Lipinski definition) is 2. The van der Waals surface area contributed by atoms with E-state index < -0.39 is 11.5 Å². The molecule has 5 heteroatoms. The van der Waals surface area contributed by atoms with Crippen LogP contribution in [0.3, 0.4) is 0 Å². The van der Waals surface area contributed by atoms with Crippen molar-refractivity contribution in [2.24, 2.45) is 0 Å². The molecule has 0 aliphatic heterocycles. The smallest absolute Gasteiger partial charge is 0.215 e. The van der Waals surface area contributed by atoms with Crippen LogP contribution in [-0.2, 0) is 4.74 Å². The summed E-state index contributed by atoms with van der Waals surface area (Å²) in [5.74, 6) is -0.735. The van der Waals surface area contributed by atoms with E-state index in [1.165, 1.54) is 0 Å². The summed E-state index contributed by atoms with van der Waals surface area (Å²) in [4.78, 5) is 6.75. The van der Waals surface area contributed by atoms with Crippen molar-refractivity contribution in [1.29, 1.82) is 0 Å². The predicted octanol–water partition coefficient (Wildman–Crippen LogP) is 7.94. The minimum atomic E-state index is -1.47. The van der Waals surface area contributed by atoms with Gasteiger partial charge < -0.3 is 19.8 Å². The van der Waals surface area contributed by atoms with E-state index in [0.29, 0.717) is 36.2 Å². The Morgan fingerprint density at radius 1 is 1.04 bits per heavy atom. The molecule has 2 unspecified atom stereocenters. The van der Waals surface area contributed by atoms with Crippen LogP contribution >= 0.6 is 0 Å². The fourth-order valence-electron chi connectivity index (χ4n) is 5.83. The summed E-state index contributed by atoms with van der Waals surface area (Å²) in [7, 11) is 5.30. The molecule has 230 valence electrons. The molecule has 1 heterocycles. The molecular formula is C40H42N2O3. The average molecular weight is 599 g/mol. The Bertz CT molecular complexity index is 1780. The monoisotopic (exact) mass is 598 g/mol. The van der Waals surface area contributed by atoms with Crippen molar-refractivity contribution in [2.75, 3.05) is 34.4 Å². The van der Waals surface area contributed by atoms with Gasteiger partial charge in [0.25, 0.3) is 0 Å². The van der Waals surface area contributed by atoms with Crippen LogP contribution in [0.5, 0.6) is 5.88 Å². The number of aliphatic hydroxyl groups is 1. The van der Waals surface area contributed by atoms with E-state index in [1.54, 1.807) is 20.3 Å². The molecule has 0 radical (unpaired) electrons. The van der Waals surface area contributed by atoms with E-state index in [2.05, 4.69) is 38.7 Å². The van der Waals surface area contributed by atoms with Crippen molar-refractivity contribution >= 4 is 22.6 Å². The molecule has 0 saturated carbocycles. The molecule has 45 heavy (non-hydrogen) atoms. The SMILES string of the molecule is C=C/C=C(\C=C/C)CN(C)CCC(O)(C1=C=C=Cc2ccccc21)C(c1ccccc1)c1cc2ccccc2nc1O.COC. The molecule has 0 fully saturated rings. The molecule has 0 saturated heterocycles. The second kappa shape index (κ2) is 15.8. The van der Waals surface area contributed by atoms with Crippen molar-refractivity contribution in [3.8, 4) is 5.88 Å². The molecule has 2 atom stereocenters. The van der Waals surface area contributed by atoms with Gasteiger partial charge in [0.05, 0.1) is 5.52 Å². The van der Waals surface area contributed by atoms with Gasteiger partial charge in [-0.2, -0.15) is 0 Å². The van der Waals surface area contributed by atoms with Crippen LogP contribution in [0, 0.1) is 0 Å². The highest BCUT2D eigenvalue weighted by Gasteiger charge is 2.45. The highest BCUT2D eigenvalue weighted by Crippen LogP contribution is 2.48. The number of aromatic nitrogens is 1. The van der Waals surface area contributed by atoms with Gasteiger partial charge in [-0.25, -0.2) is 4.98 Å². The van der Waals surface area contributed by atoms with Crippen molar-refractivity contribution in [3.05, 3.63) is 155 Å². The average Bonchev–Trinajstić information content (AvgIpc) is 3.05. The maximum atomic E-state index is 13.2. The van der Waals surface area contributed by atoms with Crippen molar-refractivity contribution in [3.63, 3.8) is 0 Å². The summed E-state index contributed by atoms with van der Waals surface area (Å²) < 4.78 is 4.25. The van der Waals surface area contributed by atoms with E-state index in [1.807, 2.05) is 117 Å². The number of nitrogens with zero attached hydrogens (tertiary/aromatic N) is 2. The first-order chi connectivity index (χ1) is 21.9. The molecule has 1 aromatic heterocycles. The highest BCUT2D eigenvalue weighted by molar-refractivity contribution is 5.84. The summed E-state index contributed by atoms with van der Waals surface area (Å²) in [5, 5.41) is 25.5. The molecule has 0 amide bonds. The Morgan fingerprint density at radius 3 is 2.47 bits per heavy atom. The Balaban J connectivity index is 0.00000148. The standard InChI is InChI=1S/C38H36N2O2.C2H6O/c1-4-14-28(15-5-2)27-40(3)25-24-38(42,34-22-13-20-29-16-9-11-21-32(29)34)36(30-17-7-6-8-18-30)33-26-31-19-10-12-23-35(31)39-37(33)41;1-3-2/h4-12,14-21,23,26,36,42H,1,24-25,27H2,2-3H3,(H,39,41);1-2H3/b15-5-,28-14+;. The van der Waals surface area contributed by atoms with Crippen LogP contribution in [0.25, 0.3) is 22.6 Å². The molecule has 4 aromatic rings. The number of rotatable bonds is 11. The Kier molecular flexibility index (Phi) is 11.7. The summed E-state index contributed by atoms with van der Waals surface area (Å²) in [6.07, 6.45) is 10.1. The number of methoxy groups -OCH3 is 1. The van der Waals surface area contributed by atoms with Crippen LogP contribution in [0.2, 0.25) is 0 Å². The number of ether oxygens (including phenoxy) is 1. The maximum absolute atomic E-state index is 13.2. The molecule has 5 rings (SSSR count). The second-order valence-electron chi connectivity index (χ2n) is 11.1. The predicted molar refractivity (Wildman–Crippen MR) is 186 cm³/mol. The highest BCUT2D eigenvalue weighted by atomic mass is 16.4. The largest absolute Gasteiger partial charge is 0.493 e. The molecule has 0 spiro atoms. The molecule has 3 aromatic carbocycles. The fraction of sp³-hybridized carbons (Fsp3) is 0.225. The van der Waals surface area contributed by atoms with E-state index in [0.717, 1.165) is 27.6 Å². The zero-order valence-corrected chi connectivity index (χ0v) is 26.6. The van der Waals surface area contributed by atoms with E-state index in [4.69, 9.17) is 0 Å². The lowest BCUT2D eigenvalue weighted by molar-refractivity contribution is 0.0646. The van der Waals surface area contributed by atoms with E-state index in [-0.39, 0.29) is 5.88 Å². The summed E-state index contributed by atoms with van der Waals surface area (Å²) in [6, 6.07) is 27.5. The van der Waals surface area contributed by atoms with Crippen molar-refractivity contribution in [1.82, 2.24) is 9.88 Å². The number of pyridine rings is 1. The van der Waals surface area contributed by atoms with Crippen LogP contribution in [0.1, 0.15) is 41.5 Å². The van der Waals surface area contributed by atoms with Gasteiger partial charge in [0, 0.05) is 49.7 Å². The third-order valence-electron chi connectivity index (χ3n) is 7.78. The number of hydrogen-bond acceptors (Lipinski definition) is 5. The van der Waals surface area contributed by atoms with Gasteiger partial charge in [0.15, 0.2) is 0 Å². The quantitative estimate of drug-likeness (QED) is 0.136. The lowest BCUT2D eigenvalue weighted by Gasteiger charge is -2.40. The van der Waals surface area contributed by atoms with Crippen molar-refractivity contribution < 1.29 is 14.9 Å². The van der Waals surface area contributed by atoms with Crippen LogP contribution in [-0.4, -0.2) is 60.1 Å². The zero-order chi connectivity index (χ0) is 32.2. The van der Waals surface area contributed by atoms with Crippen LogP contribution < -0.4 is 0 Å². The van der Waals surface area contributed by atoms with Gasteiger partial charge in [0.2, 0.25) is 5.88 Å². The molecular weight excluding hydrogens is 556 g/mol. The first-order valence-corrected chi connectivity index (χ1v) is 15.1. The lowest BCUT2D eigenvalue weighted by atomic mass is 9.69. The Hall–Kier alpha value is -4.73. The first-order valence-electron chi connectivity index (χ1n) is 15.1. The van der Waals surface area contributed by atoms with E-state index in [9.17, 15) is 10.2 Å². The second-order valence-corrected chi connectivity index (χ2v) is 11.1. The summed E-state index contributed by atoms with van der Waals surface area (Å²) >= 11 is 0. The first kappa shape index (κ1) is 33.2. The van der Waals surface area contributed by atoms with Gasteiger partial charge in [0.1, 0.15) is 5.60 Å². The topological polar surface area (TPSA) is 65.8 Å². The molecule has 1 aliphatic carbocycles. The number of fused-ring (bicyclic) bond motifs is 2. The third kappa shape index (κ3) is 7.87. The molecule has 1 aliphatic rings. The van der Waals surface area contributed by atoms with Gasteiger partial charge in [-0.1, -0.05) is 115 Å². The molecule has 2 N–H and O–H groups in total. The minimum Gasteiger partial charge on any atom is -0.493 e. The Morgan fingerprint density at radius 2 is 1.73 bits per heavy atom. The van der Waals surface area contributed by atoms with Crippen molar-refractivity contribution in [2.45, 2.75) is 24.9 Å². The number of likely N-dealkylation sites (N-methyl/N-ethyl adjacent to an activating group) is 1. The normalized spacial score (nSPS) is 14.4. The summed E-state index contributed by atoms with van der Waals surface area (Å²) in [6.45, 7) is 7.12. The molecule has 0 bridgehead atoms. The number of allylic oxidation sites excluding steroid dienone is 3. The Labute approximate surface area is 267 Å². The number of para-hydroxylation sites is 1. The maximum Gasteiger partial charge on any atom is 0.215 e.